The van der Waals surface area contributed by atoms with Crippen molar-refractivity contribution < 1.29 is 4.79 Å². The van der Waals surface area contributed by atoms with E-state index in [0.29, 0.717) is 34.5 Å². The molecule has 0 fully saturated rings. The molecule has 1 rings (SSSR count). The fourth-order valence-electron chi connectivity index (χ4n) is 1.57. The number of amides is 1. The Labute approximate surface area is 122 Å². The van der Waals surface area contributed by atoms with Crippen LogP contribution in [0, 0.1) is 0 Å². The highest BCUT2D eigenvalue weighted by Gasteiger charge is 2.13. The molecule has 6 heteroatoms. The molecule has 0 bridgehead atoms. The van der Waals surface area contributed by atoms with E-state index in [-0.39, 0.29) is 11.9 Å². The predicted molar refractivity (Wildman–Crippen MR) is 76.3 cm³/mol. The summed E-state index contributed by atoms with van der Waals surface area (Å²) in [5, 5.41) is 4.50. The third-order valence-corrected chi connectivity index (χ3v) is 3.89. The van der Waals surface area contributed by atoms with Gasteiger partial charge in [0.25, 0.3) is 0 Å². The summed E-state index contributed by atoms with van der Waals surface area (Å²) in [7, 11) is 0. The van der Waals surface area contributed by atoms with Crippen molar-refractivity contribution in [1.29, 1.82) is 0 Å². The lowest BCUT2D eigenvalue weighted by Crippen LogP contribution is -2.22. The van der Waals surface area contributed by atoms with Gasteiger partial charge >= 0.3 is 0 Å². The van der Waals surface area contributed by atoms with Crippen LogP contribution in [0.5, 0.6) is 0 Å². The average Bonchev–Trinajstić information content (AvgIpc) is 2.31. The first-order valence-corrected chi connectivity index (χ1v) is 6.72. The molecule has 0 aliphatic carbocycles. The van der Waals surface area contributed by atoms with Crippen LogP contribution in [-0.4, -0.2) is 12.5 Å². The third kappa shape index (κ3) is 4.32. The van der Waals surface area contributed by atoms with E-state index in [2.05, 4.69) is 5.32 Å². The number of primary amides is 1. The van der Waals surface area contributed by atoms with Gasteiger partial charge in [-0.05, 0) is 31.5 Å². The normalized spacial score (nSPS) is 12.4. The highest BCUT2D eigenvalue weighted by molar-refractivity contribution is 6.48. The zero-order valence-electron chi connectivity index (χ0n) is 9.97. The Morgan fingerprint density at radius 3 is 2.61 bits per heavy atom. The van der Waals surface area contributed by atoms with Gasteiger partial charge in [-0.1, -0.05) is 40.9 Å². The smallest absolute Gasteiger partial charge is 0.217 e. The van der Waals surface area contributed by atoms with Crippen molar-refractivity contribution >= 4 is 40.7 Å². The zero-order valence-corrected chi connectivity index (χ0v) is 12.2. The molecule has 0 radical (unpaired) electrons. The van der Waals surface area contributed by atoms with E-state index < -0.39 is 0 Å². The SMILES string of the molecule is CC(NCCCC(N)=O)c1ccc(Cl)c(Cl)c1Cl. The molecule has 0 heterocycles. The monoisotopic (exact) mass is 308 g/mol. The topological polar surface area (TPSA) is 55.1 Å². The summed E-state index contributed by atoms with van der Waals surface area (Å²) in [6, 6.07) is 3.58. The zero-order chi connectivity index (χ0) is 13.7. The Hall–Kier alpha value is -0.480. The number of hydrogen-bond donors (Lipinski definition) is 2. The summed E-state index contributed by atoms with van der Waals surface area (Å²) in [6.07, 6.45) is 1.06. The molecule has 0 aromatic heterocycles. The maximum Gasteiger partial charge on any atom is 0.217 e. The van der Waals surface area contributed by atoms with Gasteiger partial charge in [-0.3, -0.25) is 4.79 Å². The fourth-order valence-corrected chi connectivity index (χ4v) is 2.27. The molecule has 18 heavy (non-hydrogen) atoms. The minimum Gasteiger partial charge on any atom is -0.370 e. The maximum atomic E-state index is 10.6. The molecule has 1 unspecified atom stereocenters. The van der Waals surface area contributed by atoms with Gasteiger partial charge in [0.15, 0.2) is 0 Å². The Bertz CT molecular complexity index is 438. The molecular weight excluding hydrogens is 295 g/mol. The highest BCUT2D eigenvalue weighted by Crippen LogP contribution is 2.35. The first kappa shape index (κ1) is 15.6. The lowest BCUT2D eigenvalue weighted by Gasteiger charge is -2.16. The molecule has 0 saturated heterocycles. The first-order chi connectivity index (χ1) is 8.43. The molecule has 1 aromatic rings. The van der Waals surface area contributed by atoms with Gasteiger partial charge < -0.3 is 11.1 Å². The highest BCUT2D eigenvalue weighted by atomic mass is 35.5. The van der Waals surface area contributed by atoms with Crippen LogP contribution in [-0.2, 0) is 4.79 Å². The molecule has 1 aromatic carbocycles. The summed E-state index contributed by atoms with van der Waals surface area (Å²) in [6.45, 7) is 2.65. The van der Waals surface area contributed by atoms with Crippen LogP contribution in [0.15, 0.2) is 12.1 Å². The lowest BCUT2D eigenvalue weighted by molar-refractivity contribution is -0.118. The number of nitrogens with one attached hydrogen (secondary N) is 1. The number of rotatable bonds is 6. The molecular formula is C12H15Cl3N2O. The van der Waals surface area contributed by atoms with Crippen molar-refractivity contribution in [3.8, 4) is 0 Å². The van der Waals surface area contributed by atoms with E-state index in [1.807, 2.05) is 13.0 Å². The largest absolute Gasteiger partial charge is 0.370 e. The van der Waals surface area contributed by atoms with Crippen molar-refractivity contribution in [2.75, 3.05) is 6.54 Å². The second-order valence-electron chi connectivity index (χ2n) is 4.01. The van der Waals surface area contributed by atoms with Crippen LogP contribution >= 0.6 is 34.8 Å². The molecule has 0 spiro atoms. The van der Waals surface area contributed by atoms with Crippen LogP contribution in [0.3, 0.4) is 0 Å². The standard InChI is InChI=1S/C12H15Cl3N2O/c1-7(17-6-2-3-10(16)18)8-4-5-9(13)12(15)11(8)14/h4-5,7,17H,2-3,6H2,1H3,(H2,16,18). The maximum absolute atomic E-state index is 10.6. The molecule has 0 aliphatic heterocycles. The number of hydrogen-bond acceptors (Lipinski definition) is 2. The van der Waals surface area contributed by atoms with Gasteiger partial charge in [0, 0.05) is 12.5 Å². The van der Waals surface area contributed by atoms with Gasteiger partial charge in [-0.15, -0.1) is 0 Å². The van der Waals surface area contributed by atoms with Crippen LogP contribution in [0.2, 0.25) is 15.1 Å². The minimum absolute atomic E-state index is 0.0279. The molecule has 1 amide bonds. The van der Waals surface area contributed by atoms with E-state index in [9.17, 15) is 4.79 Å². The first-order valence-electron chi connectivity index (χ1n) is 5.58. The van der Waals surface area contributed by atoms with Crippen molar-refractivity contribution in [2.45, 2.75) is 25.8 Å². The second kappa shape index (κ2) is 7.19. The van der Waals surface area contributed by atoms with Gasteiger partial charge in [-0.2, -0.15) is 0 Å². The van der Waals surface area contributed by atoms with Crippen molar-refractivity contribution in [3.05, 3.63) is 32.8 Å². The third-order valence-electron chi connectivity index (χ3n) is 2.58. The lowest BCUT2D eigenvalue weighted by atomic mass is 10.1. The Morgan fingerprint density at radius 2 is 2.00 bits per heavy atom. The molecule has 0 saturated carbocycles. The molecule has 0 aliphatic rings. The van der Waals surface area contributed by atoms with Crippen molar-refractivity contribution in [3.63, 3.8) is 0 Å². The van der Waals surface area contributed by atoms with E-state index in [1.54, 1.807) is 6.07 Å². The van der Waals surface area contributed by atoms with Crippen molar-refractivity contribution in [1.82, 2.24) is 5.32 Å². The van der Waals surface area contributed by atoms with E-state index in [1.165, 1.54) is 0 Å². The Balaban J connectivity index is 2.59. The summed E-state index contributed by atoms with van der Waals surface area (Å²) in [4.78, 5) is 10.6. The summed E-state index contributed by atoms with van der Waals surface area (Å²) in [5.74, 6) is -0.294. The quantitative estimate of drug-likeness (QED) is 0.623. The van der Waals surface area contributed by atoms with E-state index in [0.717, 1.165) is 5.56 Å². The van der Waals surface area contributed by atoms with Crippen molar-refractivity contribution in [2.24, 2.45) is 5.73 Å². The van der Waals surface area contributed by atoms with Crippen LogP contribution < -0.4 is 11.1 Å². The van der Waals surface area contributed by atoms with Gasteiger partial charge in [0.05, 0.1) is 15.1 Å². The van der Waals surface area contributed by atoms with Crippen LogP contribution in [0.25, 0.3) is 0 Å². The number of nitrogens with two attached hydrogens (primary N) is 1. The summed E-state index contributed by atoms with van der Waals surface area (Å²) < 4.78 is 0. The van der Waals surface area contributed by atoms with Crippen LogP contribution in [0.1, 0.15) is 31.4 Å². The molecule has 100 valence electrons. The number of benzene rings is 1. The molecule has 3 nitrogen and oxygen atoms in total. The van der Waals surface area contributed by atoms with Gasteiger partial charge in [-0.25, -0.2) is 0 Å². The number of halogens is 3. The Morgan fingerprint density at radius 1 is 1.33 bits per heavy atom. The average molecular weight is 310 g/mol. The van der Waals surface area contributed by atoms with E-state index in [4.69, 9.17) is 40.5 Å². The van der Waals surface area contributed by atoms with Crippen LogP contribution in [0.4, 0.5) is 0 Å². The molecule has 3 N–H and O–H groups in total. The Kier molecular flexibility index (Phi) is 6.22. The predicted octanol–water partition coefficient (Wildman–Crippen LogP) is 3.56. The second-order valence-corrected chi connectivity index (χ2v) is 5.17. The van der Waals surface area contributed by atoms with Gasteiger partial charge in [0.2, 0.25) is 5.91 Å². The minimum atomic E-state index is -0.294. The van der Waals surface area contributed by atoms with Gasteiger partial charge in [0.1, 0.15) is 0 Å². The summed E-state index contributed by atoms with van der Waals surface area (Å²) >= 11 is 18.0. The fraction of sp³-hybridized carbons (Fsp3) is 0.417. The number of carbonyl (C=O) groups excluding carboxylic acids is 1. The number of carbonyl (C=O) groups is 1. The summed E-state index contributed by atoms with van der Waals surface area (Å²) in [5.41, 5.74) is 5.94. The van der Waals surface area contributed by atoms with E-state index >= 15 is 0 Å². The molecule has 1 atom stereocenters.